The van der Waals surface area contributed by atoms with Crippen LogP contribution in [0, 0.1) is 0 Å². The normalized spacial score (nSPS) is 25.4. The van der Waals surface area contributed by atoms with Crippen molar-refractivity contribution < 1.29 is 19.8 Å². The maximum atomic E-state index is 14.0. The van der Waals surface area contributed by atoms with Crippen LogP contribution in [-0.2, 0) is 4.79 Å². The minimum atomic E-state index is -1.22. The minimum Gasteiger partial charge on any atom is -0.480 e. The smallest absolute Gasteiger partial charge is 0.323 e. The molecule has 3 aliphatic rings. The first-order valence-electron chi connectivity index (χ1n) is 14.2. The zero-order valence-corrected chi connectivity index (χ0v) is 22.5. The Morgan fingerprint density at radius 3 is 2.00 bits per heavy atom. The van der Waals surface area contributed by atoms with E-state index in [-0.39, 0.29) is 24.5 Å². The van der Waals surface area contributed by atoms with Crippen molar-refractivity contribution in [3.63, 3.8) is 0 Å². The number of rotatable bonds is 6. The molecule has 3 saturated heterocycles. The van der Waals surface area contributed by atoms with Crippen molar-refractivity contribution in [1.82, 2.24) is 14.7 Å². The van der Waals surface area contributed by atoms with E-state index < -0.39 is 24.4 Å². The number of piperidine rings is 1. The van der Waals surface area contributed by atoms with Crippen molar-refractivity contribution >= 4 is 23.4 Å². The summed E-state index contributed by atoms with van der Waals surface area (Å²) in [4.78, 5) is 34.0. The quantitative estimate of drug-likeness (QED) is 0.441. The number of hydrogen-bond donors (Lipinski definition) is 2. The molecule has 6 rings (SSSR count). The van der Waals surface area contributed by atoms with Crippen molar-refractivity contribution in [2.45, 2.75) is 56.1 Å². The molecule has 0 aliphatic carbocycles. The third kappa shape index (κ3) is 4.93. The Balaban J connectivity index is 1.26. The molecule has 0 radical (unpaired) electrons. The van der Waals surface area contributed by atoms with Crippen LogP contribution in [-0.4, -0.2) is 81.0 Å². The SMILES string of the molecule is O=C(O)[C@@H]1[C@H]2CC[C@@H](CN1C(O)N(c1ccccc1)c1ccccc1)N2C(=O)N1CCCC(c2ccccc2)C1. The molecule has 3 aromatic rings. The van der Waals surface area contributed by atoms with Crippen LogP contribution in [0.25, 0.3) is 0 Å². The van der Waals surface area contributed by atoms with Gasteiger partial charge in [-0.3, -0.25) is 4.79 Å². The fourth-order valence-corrected chi connectivity index (χ4v) is 6.87. The Morgan fingerprint density at radius 1 is 0.800 bits per heavy atom. The molecule has 2 bridgehead atoms. The lowest BCUT2D eigenvalue weighted by molar-refractivity contribution is -0.156. The van der Waals surface area contributed by atoms with Crippen LogP contribution in [0.2, 0.25) is 0 Å². The largest absolute Gasteiger partial charge is 0.480 e. The number of carbonyl (C=O) groups is 2. The van der Waals surface area contributed by atoms with E-state index in [1.54, 1.807) is 9.80 Å². The molecule has 3 aliphatic heterocycles. The second-order valence-electron chi connectivity index (χ2n) is 11.1. The molecule has 3 fully saturated rings. The average Bonchev–Trinajstić information content (AvgIpc) is 3.30. The number of aliphatic hydroxyl groups excluding tert-OH is 1. The van der Waals surface area contributed by atoms with Gasteiger partial charge in [-0.2, -0.15) is 0 Å². The minimum absolute atomic E-state index is 0.0727. The average molecular weight is 541 g/mol. The van der Waals surface area contributed by atoms with Crippen LogP contribution < -0.4 is 4.90 Å². The zero-order chi connectivity index (χ0) is 27.6. The van der Waals surface area contributed by atoms with Gasteiger partial charge in [0.2, 0.25) is 0 Å². The fraction of sp³-hybridized carbons (Fsp3) is 0.375. The predicted molar refractivity (Wildman–Crippen MR) is 153 cm³/mol. The van der Waals surface area contributed by atoms with Crippen LogP contribution in [0.3, 0.4) is 0 Å². The molecule has 0 aromatic heterocycles. The third-order valence-corrected chi connectivity index (χ3v) is 8.72. The zero-order valence-electron chi connectivity index (χ0n) is 22.5. The third-order valence-electron chi connectivity index (χ3n) is 8.72. The van der Waals surface area contributed by atoms with Gasteiger partial charge in [0.05, 0.1) is 6.04 Å². The molecule has 5 atom stereocenters. The van der Waals surface area contributed by atoms with E-state index in [1.165, 1.54) is 5.56 Å². The Kier molecular flexibility index (Phi) is 7.45. The summed E-state index contributed by atoms with van der Waals surface area (Å²) in [5.41, 5.74) is 2.76. The van der Waals surface area contributed by atoms with Crippen molar-refractivity contribution in [3.05, 3.63) is 96.6 Å². The molecule has 0 saturated carbocycles. The monoisotopic (exact) mass is 540 g/mol. The fourth-order valence-electron chi connectivity index (χ4n) is 6.87. The van der Waals surface area contributed by atoms with Crippen LogP contribution in [0.1, 0.15) is 37.2 Å². The summed E-state index contributed by atoms with van der Waals surface area (Å²) < 4.78 is 0. The molecule has 2 N–H and O–H groups in total. The maximum Gasteiger partial charge on any atom is 0.323 e. The lowest BCUT2D eigenvalue weighted by Crippen LogP contribution is -2.69. The number of carboxylic acids is 1. The number of carboxylic acid groups (broad SMARTS) is 1. The summed E-state index contributed by atoms with van der Waals surface area (Å²) in [5.74, 6) is -0.746. The van der Waals surface area contributed by atoms with E-state index in [1.807, 2.05) is 88.7 Å². The Morgan fingerprint density at radius 2 is 1.40 bits per heavy atom. The summed E-state index contributed by atoms with van der Waals surface area (Å²) in [5, 5.41) is 22.3. The Bertz CT molecular complexity index is 1270. The van der Waals surface area contributed by atoms with Gasteiger partial charge < -0.3 is 24.9 Å². The second-order valence-corrected chi connectivity index (χ2v) is 11.1. The molecule has 2 amide bonds. The van der Waals surface area contributed by atoms with E-state index >= 15 is 0 Å². The van der Waals surface area contributed by atoms with Crippen molar-refractivity contribution in [2.24, 2.45) is 0 Å². The number of benzene rings is 3. The van der Waals surface area contributed by atoms with E-state index in [0.717, 1.165) is 30.6 Å². The molecule has 2 unspecified atom stereocenters. The number of urea groups is 1. The number of piperazine rings is 1. The topological polar surface area (TPSA) is 87.6 Å². The summed E-state index contributed by atoms with van der Waals surface area (Å²) in [6, 6.07) is 27.6. The molecule has 0 spiro atoms. The van der Waals surface area contributed by atoms with Crippen LogP contribution in [0.5, 0.6) is 0 Å². The first-order valence-corrected chi connectivity index (χ1v) is 14.2. The first-order chi connectivity index (χ1) is 19.5. The van der Waals surface area contributed by atoms with Crippen LogP contribution in [0.4, 0.5) is 16.2 Å². The van der Waals surface area contributed by atoms with Crippen LogP contribution in [0.15, 0.2) is 91.0 Å². The molecule has 8 heteroatoms. The molecule has 8 nitrogen and oxygen atoms in total. The molecular weight excluding hydrogens is 504 g/mol. The van der Waals surface area contributed by atoms with Crippen LogP contribution >= 0.6 is 0 Å². The van der Waals surface area contributed by atoms with Gasteiger partial charge >= 0.3 is 12.0 Å². The molecule has 208 valence electrons. The lowest BCUT2D eigenvalue weighted by atomic mass is 9.91. The number of fused-ring (bicyclic) bond motifs is 2. The Hall–Kier alpha value is -3.88. The molecule has 3 heterocycles. The summed E-state index contributed by atoms with van der Waals surface area (Å²) in [6.07, 6.45) is 2.06. The number of likely N-dealkylation sites (tertiary alicyclic amines) is 2. The van der Waals surface area contributed by atoms with Gasteiger partial charge in [0.25, 0.3) is 0 Å². The van der Waals surface area contributed by atoms with Gasteiger partial charge in [-0.15, -0.1) is 0 Å². The molecule has 40 heavy (non-hydrogen) atoms. The highest BCUT2D eigenvalue weighted by molar-refractivity contribution is 5.80. The standard InChI is InChI=1S/C32H36N4O4/c37-30(38)29-28-19-18-27(36(28)31(39)33-20-10-13-24(21-33)23-11-4-1-5-12-23)22-34(29)32(40)35(25-14-6-2-7-15-25)26-16-8-3-9-17-26/h1-9,11-12,14-17,24,27-29,32,40H,10,13,18-22H2,(H,37,38)/t24?,27-,28+,29-,32?/m0/s1. The number of aliphatic hydroxyl groups is 1. The Labute approximate surface area is 235 Å². The van der Waals surface area contributed by atoms with Gasteiger partial charge in [-0.1, -0.05) is 66.7 Å². The number of carbonyl (C=O) groups excluding carboxylic acids is 1. The van der Waals surface area contributed by atoms with E-state index in [4.69, 9.17) is 0 Å². The van der Waals surface area contributed by atoms with E-state index in [0.29, 0.717) is 19.5 Å². The van der Waals surface area contributed by atoms with Gasteiger partial charge in [-0.05, 0) is 55.5 Å². The predicted octanol–water partition coefficient (Wildman–Crippen LogP) is 4.70. The highest BCUT2D eigenvalue weighted by Crippen LogP contribution is 2.39. The number of nitrogens with zero attached hydrogens (tertiary/aromatic N) is 4. The van der Waals surface area contributed by atoms with Gasteiger partial charge in [0, 0.05) is 43.0 Å². The summed E-state index contributed by atoms with van der Waals surface area (Å²) >= 11 is 0. The highest BCUT2D eigenvalue weighted by Gasteiger charge is 2.54. The van der Waals surface area contributed by atoms with E-state index in [2.05, 4.69) is 12.1 Å². The van der Waals surface area contributed by atoms with Crippen molar-refractivity contribution in [2.75, 3.05) is 24.5 Å². The number of amides is 2. The number of para-hydroxylation sites is 2. The first kappa shape index (κ1) is 26.3. The number of aliphatic carboxylic acids is 1. The number of hydrogen-bond acceptors (Lipinski definition) is 5. The van der Waals surface area contributed by atoms with Gasteiger partial charge in [-0.25, -0.2) is 9.69 Å². The van der Waals surface area contributed by atoms with Crippen molar-refractivity contribution in [3.8, 4) is 0 Å². The maximum absolute atomic E-state index is 14.0. The summed E-state index contributed by atoms with van der Waals surface area (Å²) in [6.45, 7) is 1.60. The van der Waals surface area contributed by atoms with E-state index in [9.17, 15) is 19.8 Å². The van der Waals surface area contributed by atoms with Gasteiger partial charge in [0.1, 0.15) is 6.04 Å². The lowest BCUT2D eigenvalue weighted by Gasteiger charge is -2.50. The second kappa shape index (κ2) is 11.3. The van der Waals surface area contributed by atoms with Crippen molar-refractivity contribution in [1.29, 1.82) is 0 Å². The highest BCUT2D eigenvalue weighted by atomic mass is 16.4. The van der Waals surface area contributed by atoms with Gasteiger partial charge in [0.15, 0.2) is 6.35 Å². The molecular formula is C32H36N4O4. The number of anilines is 2. The summed E-state index contributed by atoms with van der Waals surface area (Å²) in [7, 11) is 0. The molecule has 3 aromatic carbocycles.